The molecule has 3 aromatic rings. The molecule has 86 valence electrons. The van der Waals surface area contributed by atoms with Crippen LogP contribution in [0.15, 0.2) is 29.1 Å². The molecule has 1 aromatic carbocycles. The van der Waals surface area contributed by atoms with E-state index in [1.807, 2.05) is 24.6 Å². The number of hydrogen-bond acceptors (Lipinski definition) is 2. The Hall–Kier alpha value is -1.62. The van der Waals surface area contributed by atoms with E-state index in [2.05, 4.69) is 43.0 Å². The highest BCUT2D eigenvalue weighted by atomic mass is 79.9. The van der Waals surface area contributed by atoms with Gasteiger partial charge >= 0.3 is 0 Å². The molecule has 4 nitrogen and oxygen atoms in total. The number of aryl methyl sites for hydroxylation is 2. The number of hydrogen-bond donors (Lipinski definition) is 1. The van der Waals surface area contributed by atoms with Gasteiger partial charge in [0, 0.05) is 12.6 Å². The van der Waals surface area contributed by atoms with Gasteiger partial charge in [-0.15, -0.1) is 0 Å². The van der Waals surface area contributed by atoms with Gasteiger partial charge < -0.3 is 9.55 Å². The van der Waals surface area contributed by atoms with E-state index in [9.17, 15) is 0 Å². The Balaban J connectivity index is 2.24. The zero-order valence-electron chi connectivity index (χ0n) is 9.53. The van der Waals surface area contributed by atoms with Crippen LogP contribution in [0.25, 0.3) is 22.3 Å². The quantitative estimate of drug-likeness (QED) is 0.749. The molecule has 0 saturated heterocycles. The van der Waals surface area contributed by atoms with Crippen LogP contribution in [-0.2, 0) is 7.05 Å². The van der Waals surface area contributed by atoms with Gasteiger partial charge in [-0.1, -0.05) is 6.07 Å². The van der Waals surface area contributed by atoms with Gasteiger partial charge in [0.2, 0.25) is 0 Å². The molecule has 0 aliphatic rings. The third-order valence-corrected chi connectivity index (χ3v) is 3.35. The molecule has 3 rings (SSSR count). The second-order valence-corrected chi connectivity index (χ2v) is 4.80. The predicted molar refractivity (Wildman–Crippen MR) is 70.7 cm³/mol. The van der Waals surface area contributed by atoms with Crippen molar-refractivity contribution in [2.75, 3.05) is 0 Å². The molecule has 0 aliphatic heterocycles. The molecule has 0 amide bonds. The molecule has 0 fully saturated rings. The Morgan fingerprint density at radius 2 is 2.18 bits per heavy atom. The maximum Gasteiger partial charge on any atom is 0.132 e. The minimum Gasteiger partial charge on any atom is -0.342 e. The summed E-state index contributed by atoms with van der Waals surface area (Å²) in [5.74, 6) is 0.932. The smallest absolute Gasteiger partial charge is 0.132 e. The zero-order valence-corrected chi connectivity index (χ0v) is 11.1. The standard InChI is InChI=1S/C12H11BrN4/c1-7-15-9-4-3-8(5-10(9)16-7)11-12(13)14-6-17(11)2/h3-6H,1-2H3,(H,15,16). The lowest BCUT2D eigenvalue weighted by Crippen LogP contribution is -1.89. The molecule has 0 saturated carbocycles. The van der Waals surface area contributed by atoms with Crippen LogP contribution in [0.5, 0.6) is 0 Å². The van der Waals surface area contributed by atoms with Crippen LogP contribution in [0.2, 0.25) is 0 Å². The van der Waals surface area contributed by atoms with Crippen molar-refractivity contribution in [2.45, 2.75) is 6.92 Å². The number of H-pyrrole nitrogens is 1. The van der Waals surface area contributed by atoms with Gasteiger partial charge in [-0.25, -0.2) is 9.97 Å². The third-order valence-electron chi connectivity index (χ3n) is 2.77. The molecule has 0 aliphatic carbocycles. The fourth-order valence-electron chi connectivity index (χ4n) is 2.01. The number of fused-ring (bicyclic) bond motifs is 1. The average Bonchev–Trinajstić information content (AvgIpc) is 2.80. The van der Waals surface area contributed by atoms with E-state index < -0.39 is 0 Å². The first kappa shape index (κ1) is 10.5. The van der Waals surface area contributed by atoms with Crippen LogP contribution in [0.1, 0.15) is 5.82 Å². The summed E-state index contributed by atoms with van der Waals surface area (Å²) in [6.45, 7) is 1.96. The number of imidazole rings is 2. The molecule has 0 radical (unpaired) electrons. The number of benzene rings is 1. The Morgan fingerprint density at radius 1 is 1.35 bits per heavy atom. The monoisotopic (exact) mass is 290 g/mol. The summed E-state index contributed by atoms with van der Waals surface area (Å²) in [7, 11) is 1.98. The van der Waals surface area contributed by atoms with Crippen molar-refractivity contribution in [3.63, 3.8) is 0 Å². The summed E-state index contributed by atoms with van der Waals surface area (Å²) >= 11 is 3.47. The molecule has 17 heavy (non-hydrogen) atoms. The number of aromatic nitrogens is 4. The molecular weight excluding hydrogens is 280 g/mol. The van der Waals surface area contributed by atoms with E-state index in [-0.39, 0.29) is 0 Å². The van der Waals surface area contributed by atoms with Crippen molar-refractivity contribution in [3.05, 3.63) is 35.0 Å². The molecule has 2 aromatic heterocycles. The fourth-order valence-corrected chi connectivity index (χ4v) is 2.61. The molecule has 5 heteroatoms. The van der Waals surface area contributed by atoms with E-state index in [0.29, 0.717) is 0 Å². The SMILES string of the molecule is Cc1nc2ccc(-c3c(Br)ncn3C)cc2[nH]1. The summed E-state index contributed by atoms with van der Waals surface area (Å²) < 4.78 is 2.85. The Kier molecular flexibility index (Phi) is 2.29. The van der Waals surface area contributed by atoms with Gasteiger partial charge in [-0.2, -0.15) is 0 Å². The Labute approximate surface area is 107 Å². The average molecular weight is 291 g/mol. The van der Waals surface area contributed by atoms with Crippen molar-refractivity contribution in [1.82, 2.24) is 19.5 Å². The molecule has 2 heterocycles. The lowest BCUT2D eigenvalue weighted by atomic mass is 10.1. The highest BCUT2D eigenvalue weighted by Gasteiger charge is 2.10. The first-order chi connectivity index (χ1) is 8.15. The van der Waals surface area contributed by atoms with Crippen LogP contribution in [-0.4, -0.2) is 19.5 Å². The minimum atomic E-state index is 0.857. The van der Waals surface area contributed by atoms with E-state index >= 15 is 0 Å². The van der Waals surface area contributed by atoms with Crippen LogP contribution in [0, 0.1) is 6.92 Å². The normalized spacial score (nSPS) is 11.2. The predicted octanol–water partition coefficient (Wildman–Crippen LogP) is 3.03. The van der Waals surface area contributed by atoms with Crippen molar-refractivity contribution >= 4 is 27.0 Å². The lowest BCUT2D eigenvalue weighted by Gasteiger charge is -2.03. The van der Waals surface area contributed by atoms with Gasteiger partial charge in [0.15, 0.2) is 0 Å². The molecule has 1 N–H and O–H groups in total. The van der Waals surface area contributed by atoms with Crippen molar-refractivity contribution in [2.24, 2.45) is 7.05 Å². The number of nitrogens with zero attached hydrogens (tertiary/aromatic N) is 3. The van der Waals surface area contributed by atoms with Gasteiger partial charge in [0.25, 0.3) is 0 Å². The van der Waals surface area contributed by atoms with Gasteiger partial charge in [0.1, 0.15) is 10.4 Å². The number of halogens is 1. The van der Waals surface area contributed by atoms with Crippen molar-refractivity contribution < 1.29 is 0 Å². The van der Waals surface area contributed by atoms with E-state index in [1.54, 1.807) is 6.33 Å². The van der Waals surface area contributed by atoms with Crippen LogP contribution in [0.3, 0.4) is 0 Å². The van der Waals surface area contributed by atoms with E-state index in [4.69, 9.17) is 0 Å². The van der Waals surface area contributed by atoms with E-state index in [0.717, 1.165) is 32.7 Å². The molecular formula is C12H11BrN4. The number of aromatic amines is 1. The molecule has 0 atom stereocenters. The first-order valence-electron chi connectivity index (χ1n) is 5.29. The Morgan fingerprint density at radius 3 is 2.88 bits per heavy atom. The molecule has 0 bridgehead atoms. The van der Waals surface area contributed by atoms with E-state index in [1.165, 1.54) is 0 Å². The van der Waals surface area contributed by atoms with Gasteiger partial charge in [-0.3, -0.25) is 0 Å². The van der Waals surface area contributed by atoms with Crippen LogP contribution < -0.4 is 0 Å². The third kappa shape index (κ3) is 1.67. The topological polar surface area (TPSA) is 46.5 Å². The summed E-state index contributed by atoms with van der Waals surface area (Å²) in [5.41, 5.74) is 4.23. The fraction of sp³-hybridized carbons (Fsp3) is 0.167. The largest absolute Gasteiger partial charge is 0.342 e. The number of nitrogens with one attached hydrogen (secondary N) is 1. The highest BCUT2D eigenvalue weighted by Crippen LogP contribution is 2.28. The second-order valence-electron chi connectivity index (χ2n) is 4.05. The maximum atomic E-state index is 4.39. The Bertz CT molecular complexity index is 676. The van der Waals surface area contributed by atoms with Gasteiger partial charge in [-0.05, 0) is 35.0 Å². The zero-order chi connectivity index (χ0) is 12.0. The van der Waals surface area contributed by atoms with Crippen LogP contribution >= 0.6 is 15.9 Å². The number of rotatable bonds is 1. The summed E-state index contributed by atoms with van der Waals surface area (Å²) in [4.78, 5) is 11.9. The van der Waals surface area contributed by atoms with Crippen LogP contribution in [0.4, 0.5) is 0 Å². The summed E-state index contributed by atoms with van der Waals surface area (Å²) in [6, 6.07) is 6.18. The highest BCUT2D eigenvalue weighted by molar-refractivity contribution is 9.10. The molecule has 0 unspecified atom stereocenters. The first-order valence-corrected chi connectivity index (χ1v) is 6.08. The molecule has 0 spiro atoms. The second kappa shape index (κ2) is 3.70. The summed E-state index contributed by atoms with van der Waals surface area (Å²) in [6.07, 6.45) is 1.79. The minimum absolute atomic E-state index is 0.857. The maximum absolute atomic E-state index is 4.39. The van der Waals surface area contributed by atoms with Gasteiger partial charge in [0.05, 0.1) is 23.1 Å². The van der Waals surface area contributed by atoms with Crippen molar-refractivity contribution in [3.8, 4) is 11.3 Å². The van der Waals surface area contributed by atoms with Crippen molar-refractivity contribution in [1.29, 1.82) is 0 Å². The summed E-state index contributed by atoms with van der Waals surface area (Å²) in [5, 5.41) is 0. The lowest BCUT2D eigenvalue weighted by molar-refractivity contribution is 0.921.